The third kappa shape index (κ3) is 2.78. The maximum atomic E-state index is 2.31. The van der Waals surface area contributed by atoms with Crippen molar-refractivity contribution < 1.29 is 0 Å². The normalized spacial score (nSPS) is 41.5. The van der Waals surface area contributed by atoms with Gasteiger partial charge in [0.2, 0.25) is 0 Å². The molecule has 0 radical (unpaired) electrons. The van der Waals surface area contributed by atoms with E-state index >= 15 is 0 Å². The quantitative estimate of drug-likeness (QED) is 0.488. The van der Waals surface area contributed by atoms with Gasteiger partial charge < -0.3 is 0 Å². The van der Waals surface area contributed by atoms with Gasteiger partial charge in [0.25, 0.3) is 0 Å². The minimum Gasteiger partial charge on any atom is -0.0654 e. The molecule has 0 unspecified atom stereocenters. The number of unbranched alkanes of at least 4 members (excludes halogenated alkanes) is 5. The highest BCUT2D eigenvalue weighted by molar-refractivity contribution is 5.01. The van der Waals surface area contributed by atoms with Crippen LogP contribution in [0.25, 0.3) is 0 Å². The highest BCUT2D eigenvalue weighted by atomic mass is 14.5. The summed E-state index contributed by atoms with van der Waals surface area (Å²) < 4.78 is 0. The van der Waals surface area contributed by atoms with Crippen molar-refractivity contribution in [1.82, 2.24) is 0 Å². The van der Waals surface area contributed by atoms with E-state index in [9.17, 15) is 0 Å². The molecular formula is C18H32. The molecule has 0 aromatic carbocycles. The first-order chi connectivity index (χ1) is 8.80. The van der Waals surface area contributed by atoms with E-state index in [4.69, 9.17) is 0 Å². The lowest BCUT2D eigenvalue weighted by molar-refractivity contribution is -0.0583. The van der Waals surface area contributed by atoms with Crippen molar-refractivity contribution in [3.05, 3.63) is 0 Å². The van der Waals surface area contributed by atoms with Crippen LogP contribution >= 0.6 is 0 Å². The van der Waals surface area contributed by atoms with Gasteiger partial charge in [0.05, 0.1) is 0 Å². The molecule has 0 saturated heterocycles. The zero-order valence-corrected chi connectivity index (χ0v) is 12.4. The lowest BCUT2D eigenvalue weighted by Crippen LogP contribution is -2.45. The first-order valence-electron chi connectivity index (χ1n) is 8.80. The summed E-state index contributed by atoms with van der Waals surface area (Å²) in [6, 6.07) is 0. The number of hydrogen-bond acceptors (Lipinski definition) is 0. The molecule has 4 saturated carbocycles. The van der Waals surface area contributed by atoms with Crippen LogP contribution in [0.3, 0.4) is 0 Å². The maximum absolute atomic E-state index is 2.31. The van der Waals surface area contributed by atoms with Gasteiger partial charge in [0, 0.05) is 0 Å². The van der Waals surface area contributed by atoms with Crippen LogP contribution in [0.2, 0.25) is 0 Å². The van der Waals surface area contributed by atoms with Crippen LogP contribution in [-0.2, 0) is 0 Å². The van der Waals surface area contributed by atoms with Gasteiger partial charge in [0.1, 0.15) is 0 Å². The first kappa shape index (κ1) is 13.0. The van der Waals surface area contributed by atoms with E-state index in [0.717, 1.165) is 23.2 Å². The van der Waals surface area contributed by atoms with Crippen molar-refractivity contribution in [2.75, 3.05) is 0 Å². The largest absolute Gasteiger partial charge is 0.0654 e. The summed E-state index contributed by atoms with van der Waals surface area (Å²) in [4.78, 5) is 0. The van der Waals surface area contributed by atoms with Gasteiger partial charge in [-0.05, 0) is 68.1 Å². The lowest BCUT2D eigenvalue weighted by atomic mass is 9.48. The fraction of sp³-hybridized carbons (Fsp3) is 1.00. The molecule has 0 atom stereocenters. The molecule has 4 fully saturated rings. The molecule has 0 amide bonds. The van der Waals surface area contributed by atoms with Gasteiger partial charge in [-0.15, -0.1) is 0 Å². The molecule has 0 aromatic rings. The summed E-state index contributed by atoms with van der Waals surface area (Å²) in [5, 5.41) is 0. The Balaban J connectivity index is 1.42. The van der Waals surface area contributed by atoms with E-state index in [2.05, 4.69) is 6.92 Å². The van der Waals surface area contributed by atoms with Crippen LogP contribution in [0, 0.1) is 23.2 Å². The fourth-order valence-electron chi connectivity index (χ4n) is 5.88. The van der Waals surface area contributed by atoms with Crippen LogP contribution in [0.5, 0.6) is 0 Å². The molecule has 4 aliphatic rings. The van der Waals surface area contributed by atoms with Gasteiger partial charge >= 0.3 is 0 Å². The first-order valence-corrected chi connectivity index (χ1v) is 8.80. The van der Waals surface area contributed by atoms with E-state index in [1.807, 2.05) is 0 Å². The van der Waals surface area contributed by atoms with E-state index in [0.29, 0.717) is 0 Å². The average molecular weight is 248 g/mol. The maximum Gasteiger partial charge on any atom is -0.0290 e. The number of rotatable bonds is 7. The molecule has 0 heterocycles. The van der Waals surface area contributed by atoms with Crippen LogP contribution in [0.4, 0.5) is 0 Å². The van der Waals surface area contributed by atoms with Crippen molar-refractivity contribution >= 4 is 0 Å². The smallest absolute Gasteiger partial charge is 0.0290 e. The Labute approximate surface area is 114 Å². The van der Waals surface area contributed by atoms with Crippen molar-refractivity contribution in [1.29, 1.82) is 0 Å². The van der Waals surface area contributed by atoms with Crippen molar-refractivity contribution in [2.24, 2.45) is 23.2 Å². The van der Waals surface area contributed by atoms with Crippen LogP contribution in [0.15, 0.2) is 0 Å². The molecule has 104 valence electrons. The van der Waals surface area contributed by atoms with Gasteiger partial charge in [-0.25, -0.2) is 0 Å². The van der Waals surface area contributed by atoms with E-state index in [1.165, 1.54) is 38.5 Å². The Bertz CT molecular complexity index is 230. The summed E-state index contributed by atoms with van der Waals surface area (Å²) in [6.45, 7) is 2.31. The van der Waals surface area contributed by atoms with Crippen molar-refractivity contribution in [3.63, 3.8) is 0 Å². The van der Waals surface area contributed by atoms with Crippen LogP contribution in [-0.4, -0.2) is 0 Å². The van der Waals surface area contributed by atoms with E-state index < -0.39 is 0 Å². The zero-order valence-electron chi connectivity index (χ0n) is 12.4. The number of hydrogen-bond donors (Lipinski definition) is 0. The van der Waals surface area contributed by atoms with Crippen LogP contribution in [0.1, 0.15) is 90.4 Å². The Morgan fingerprint density at radius 1 is 0.722 bits per heavy atom. The molecule has 4 bridgehead atoms. The van der Waals surface area contributed by atoms with Crippen LogP contribution < -0.4 is 0 Å². The van der Waals surface area contributed by atoms with Crippen molar-refractivity contribution in [2.45, 2.75) is 90.4 Å². The molecule has 0 aromatic heterocycles. The lowest BCUT2D eigenvalue weighted by Gasteiger charge is -2.57. The third-order valence-corrected chi connectivity index (χ3v) is 6.23. The van der Waals surface area contributed by atoms with Gasteiger partial charge in [-0.2, -0.15) is 0 Å². The van der Waals surface area contributed by atoms with E-state index in [-0.39, 0.29) is 0 Å². The molecule has 0 N–H and O–H groups in total. The summed E-state index contributed by atoms with van der Waals surface area (Å²) in [7, 11) is 0. The SMILES string of the molecule is CCCCCCCCC12CC3CC(CC(C3)C1)C2. The molecule has 4 rings (SSSR count). The molecule has 0 heteroatoms. The monoisotopic (exact) mass is 248 g/mol. The molecule has 0 nitrogen and oxygen atoms in total. The second-order valence-corrected chi connectivity index (χ2v) is 7.94. The van der Waals surface area contributed by atoms with Crippen molar-refractivity contribution in [3.8, 4) is 0 Å². The molecular weight excluding hydrogens is 216 g/mol. The standard InChI is InChI=1S/C18H32/c1-2-3-4-5-6-7-8-18-12-15-9-16(13-18)11-17(10-15)14-18/h15-17H,2-14H2,1H3. The topological polar surface area (TPSA) is 0 Å². The molecule has 0 aliphatic heterocycles. The Hall–Kier alpha value is 0. The predicted molar refractivity (Wildman–Crippen MR) is 78.6 cm³/mol. The highest BCUT2D eigenvalue weighted by Gasteiger charge is 2.50. The summed E-state index contributed by atoms with van der Waals surface area (Å²) in [5.41, 5.74) is 0.847. The summed E-state index contributed by atoms with van der Waals surface area (Å²) >= 11 is 0. The fourth-order valence-corrected chi connectivity index (χ4v) is 5.88. The van der Waals surface area contributed by atoms with Gasteiger partial charge in [-0.3, -0.25) is 0 Å². The Morgan fingerprint density at radius 3 is 1.78 bits per heavy atom. The molecule has 0 spiro atoms. The Kier molecular flexibility index (Phi) is 4.01. The third-order valence-electron chi connectivity index (χ3n) is 6.23. The van der Waals surface area contributed by atoms with Gasteiger partial charge in [0.15, 0.2) is 0 Å². The van der Waals surface area contributed by atoms with E-state index in [1.54, 1.807) is 44.9 Å². The minimum absolute atomic E-state index is 0.847. The second kappa shape index (κ2) is 5.55. The Morgan fingerprint density at radius 2 is 1.22 bits per heavy atom. The summed E-state index contributed by atoms with van der Waals surface area (Å²) in [5.74, 6) is 3.45. The summed E-state index contributed by atoms with van der Waals surface area (Å²) in [6.07, 6.45) is 20.1. The highest BCUT2D eigenvalue weighted by Crippen LogP contribution is 2.61. The van der Waals surface area contributed by atoms with Gasteiger partial charge in [-0.1, -0.05) is 45.4 Å². The minimum atomic E-state index is 0.847. The second-order valence-electron chi connectivity index (χ2n) is 7.94. The predicted octanol–water partition coefficient (Wildman–Crippen LogP) is 5.95. The molecule has 18 heavy (non-hydrogen) atoms. The average Bonchev–Trinajstić information content (AvgIpc) is 2.32. The molecule has 4 aliphatic carbocycles. The zero-order chi connectivity index (χ0) is 12.4.